The molecule has 0 radical (unpaired) electrons. The fourth-order valence-electron chi connectivity index (χ4n) is 1.15. The van der Waals surface area contributed by atoms with E-state index >= 15 is 0 Å². The Bertz CT molecular complexity index is 316. The van der Waals surface area contributed by atoms with Crippen LogP contribution in [-0.2, 0) is 44.1 Å². The van der Waals surface area contributed by atoms with E-state index in [1.165, 1.54) is 42.7 Å². The molecule has 0 rings (SSSR count). The van der Waals surface area contributed by atoms with Crippen molar-refractivity contribution in [2.24, 2.45) is 0 Å². The molecule has 0 bridgehead atoms. The third-order valence-corrected chi connectivity index (χ3v) is 9.14. The number of phosphoric acid groups is 1. The third-order valence-electron chi connectivity index (χ3n) is 2.15. The van der Waals surface area contributed by atoms with Crippen molar-refractivity contribution in [2.45, 2.75) is 0 Å². The number of rotatable bonds is 12. The van der Waals surface area contributed by atoms with Crippen LogP contribution in [0.1, 0.15) is 0 Å². The van der Waals surface area contributed by atoms with Gasteiger partial charge in [-0.25, -0.2) is 13.0 Å². The summed E-state index contributed by atoms with van der Waals surface area (Å²) in [5.41, 5.74) is 0. The third kappa shape index (κ3) is 5.54. The molecule has 0 fully saturated rings. The van der Waals surface area contributed by atoms with Crippen molar-refractivity contribution in [3.63, 3.8) is 0 Å². The zero-order chi connectivity index (χ0) is 16.6. The van der Waals surface area contributed by atoms with E-state index in [4.69, 9.17) is 39.5 Å². The van der Waals surface area contributed by atoms with Gasteiger partial charge in [0.1, 0.15) is 0 Å². The van der Waals surface area contributed by atoms with Crippen molar-refractivity contribution in [1.29, 1.82) is 0 Å². The fraction of sp³-hybridized carbons (Fsp3) is 0.750. The zero-order valence-electron chi connectivity index (χ0n) is 12.8. The molecule has 0 aliphatic heterocycles. The molecule has 0 atom stereocenters. The van der Waals surface area contributed by atoms with Crippen LogP contribution in [0.15, 0.2) is 12.8 Å². The Kier molecular flexibility index (Phi) is 9.07. The average Bonchev–Trinajstić information content (AvgIpc) is 2.51. The summed E-state index contributed by atoms with van der Waals surface area (Å²) in [6, 6.07) is 0. The van der Waals surface area contributed by atoms with Gasteiger partial charge in [-0.3, -0.25) is 0 Å². The summed E-state index contributed by atoms with van der Waals surface area (Å²) in [5, 5.41) is 0. The first-order chi connectivity index (χ1) is 9.84. The van der Waals surface area contributed by atoms with Crippen molar-refractivity contribution in [3.8, 4) is 0 Å². The highest BCUT2D eigenvalue weighted by molar-refractivity contribution is 7.51. The van der Waals surface area contributed by atoms with Gasteiger partial charge in [0.25, 0.3) is 0 Å². The molecule has 0 saturated heterocycles. The molecule has 0 N–H and O–H groups in total. The fourth-order valence-corrected chi connectivity index (χ4v) is 7.14. The molecule has 0 saturated carbocycles. The highest BCUT2D eigenvalue weighted by atomic mass is 31.2. The van der Waals surface area contributed by atoms with E-state index in [-0.39, 0.29) is 0 Å². The van der Waals surface area contributed by atoms with E-state index in [1.807, 2.05) is 0 Å². The molecule has 126 valence electrons. The van der Waals surface area contributed by atoms with Crippen LogP contribution < -0.4 is 0 Å². The number of hydrogen-bond donors (Lipinski definition) is 0. The monoisotopic (exact) mass is 364 g/mol. The smallest absolute Gasteiger partial charge is 0.414 e. The van der Waals surface area contributed by atoms with Crippen LogP contribution in [0.4, 0.5) is 0 Å². The maximum atomic E-state index is 12.6. The minimum Gasteiger partial charge on any atom is -0.414 e. The van der Waals surface area contributed by atoms with E-state index in [9.17, 15) is 4.57 Å². The molecule has 21 heavy (non-hydrogen) atoms. The summed E-state index contributed by atoms with van der Waals surface area (Å²) < 4.78 is 57.8. The summed E-state index contributed by atoms with van der Waals surface area (Å²) in [6.07, 6.45) is 0.862. The minimum atomic E-state index is -4.31. The van der Waals surface area contributed by atoms with Gasteiger partial charge in [-0.1, -0.05) is 6.58 Å². The first kappa shape index (κ1) is 20.9. The van der Waals surface area contributed by atoms with E-state index in [2.05, 4.69) is 6.58 Å². The molecule has 0 aliphatic carbocycles. The molecule has 13 heteroatoms. The van der Waals surface area contributed by atoms with E-state index in [1.54, 1.807) is 0 Å². The zero-order valence-corrected chi connectivity index (χ0v) is 15.7. The summed E-state index contributed by atoms with van der Waals surface area (Å²) in [5.74, 6) is 0. The Hall–Kier alpha value is -0.116. The molecule has 0 heterocycles. The molecule has 0 aromatic carbocycles. The Morgan fingerprint density at radius 2 is 1.05 bits per heavy atom. The van der Waals surface area contributed by atoms with Crippen LogP contribution >= 0.6 is 7.82 Å². The summed E-state index contributed by atoms with van der Waals surface area (Å²) in [4.78, 5) is 0. The molecular weight excluding hydrogens is 343 g/mol. The highest BCUT2D eigenvalue weighted by Crippen LogP contribution is 2.54. The molecule has 0 unspecified atom stereocenters. The first-order valence-electron chi connectivity index (χ1n) is 5.46. The second-order valence-electron chi connectivity index (χ2n) is 3.13. The lowest BCUT2D eigenvalue weighted by molar-refractivity contribution is 0.0148. The average molecular weight is 364 g/mol. The molecule has 0 amide bonds. The van der Waals surface area contributed by atoms with Crippen LogP contribution in [0.25, 0.3) is 0 Å². The van der Waals surface area contributed by atoms with Crippen LogP contribution in [0, 0.1) is 0 Å². The van der Waals surface area contributed by atoms with Crippen molar-refractivity contribution < 1.29 is 44.1 Å². The van der Waals surface area contributed by atoms with E-state index in [0.717, 1.165) is 6.26 Å². The van der Waals surface area contributed by atoms with Gasteiger partial charge in [-0.15, -0.1) is 0 Å². The van der Waals surface area contributed by atoms with Gasteiger partial charge in [-0.05, 0) is 0 Å². The van der Waals surface area contributed by atoms with Crippen molar-refractivity contribution >= 4 is 25.9 Å². The summed E-state index contributed by atoms with van der Waals surface area (Å²) >= 11 is 0. The van der Waals surface area contributed by atoms with Gasteiger partial charge in [-0.2, -0.15) is 0 Å². The van der Waals surface area contributed by atoms with Gasteiger partial charge in [0, 0.05) is 42.7 Å². The Labute approximate surface area is 126 Å². The SMILES string of the molecule is C=COP(=O)(O[Si](OC)(OC)OC)O[Si](OC)(OC)OC. The Morgan fingerprint density at radius 3 is 1.24 bits per heavy atom. The second-order valence-corrected chi connectivity index (χ2v) is 10.1. The lowest BCUT2D eigenvalue weighted by Gasteiger charge is -2.30. The Balaban J connectivity index is 5.42. The standard InChI is InChI=1S/C8H21O10PSi2/c1-8-16-19(9,17-20(10-2,11-3)12-4)18-21(13-5,14-6)15-7/h8H,1H2,2-7H3. The van der Waals surface area contributed by atoms with E-state index in [0.29, 0.717) is 0 Å². The van der Waals surface area contributed by atoms with Gasteiger partial charge < -0.3 is 31.1 Å². The molecule has 0 aromatic heterocycles. The molecule has 0 spiro atoms. The van der Waals surface area contributed by atoms with Crippen LogP contribution in [-0.4, -0.2) is 60.8 Å². The van der Waals surface area contributed by atoms with Crippen molar-refractivity contribution in [1.82, 2.24) is 0 Å². The van der Waals surface area contributed by atoms with Crippen molar-refractivity contribution in [2.75, 3.05) is 42.7 Å². The topological polar surface area (TPSA) is 100 Å². The van der Waals surface area contributed by atoms with Crippen LogP contribution in [0.2, 0.25) is 0 Å². The molecule has 0 aliphatic rings. The lowest BCUT2D eigenvalue weighted by Crippen LogP contribution is -2.49. The van der Waals surface area contributed by atoms with Gasteiger partial charge >= 0.3 is 25.9 Å². The lowest BCUT2D eigenvalue weighted by atomic mass is 11.2. The van der Waals surface area contributed by atoms with E-state index < -0.39 is 25.9 Å². The summed E-state index contributed by atoms with van der Waals surface area (Å²) in [7, 11) is -4.24. The minimum absolute atomic E-state index is 0.862. The van der Waals surface area contributed by atoms with Gasteiger partial charge in [0.15, 0.2) is 0 Å². The van der Waals surface area contributed by atoms with Crippen LogP contribution in [0.3, 0.4) is 0 Å². The highest BCUT2D eigenvalue weighted by Gasteiger charge is 2.58. The molecular formula is C8H21O10PSi2. The van der Waals surface area contributed by atoms with Crippen molar-refractivity contribution in [3.05, 3.63) is 12.8 Å². The second kappa shape index (κ2) is 9.12. The van der Waals surface area contributed by atoms with Gasteiger partial charge in [0.2, 0.25) is 0 Å². The normalized spacial score (nSPS) is 13.2. The maximum Gasteiger partial charge on any atom is 0.688 e. The van der Waals surface area contributed by atoms with Gasteiger partial charge in [0.05, 0.1) is 6.26 Å². The maximum absolute atomic E-state index is 12.6. The summed E-state index contributed by atoms with van der Waals surface area (Å²) in [6.45, 7) is 3.29. The first-order valence-corrected chi connectivity index (χ1v) is 10.2. The predicted molar refractivity (Wildman–Crippen MR) is 74.6 cm³/mol. The number of hydrogen-bond acceptors (Lipinski definition) is 10. The molecule has 0 aromatic rings. The Morgan fingerprint density at radius 1 is 0.762 bits per heavy atom. The molecule has 10 nitrogen and oxygen atoms in total. The largest absolute Gasteiger partial charge is 0.688 e. The van der Waals surface area contributed by atoms with Crippen LogP contribution in [0.5, 0.6) is 0 Å². The predicted octanol–water partition coefficient (Wildman–Crippen LogP) is 1.04. The quantitative estimate of drug-likeness (QED) is 0.284.